The highest BCUT2D eigenvalue weighted by Crippen LogP contribution is 2.21. The highest BCUT2D eigenvalue weighted by atomic mass is 16.4. The third-order valence-electron chi connectivity index (χ3n) is 3.93. The van der Waals surface area contributed by atoms with Crippen LogP contribution in [0, 0.1) is 5.92 Å². The normalized spacial score (nSPS) is 20.5. The summed E-state index contributed by atoms with van der Waals surface area (Å²) in [5.41, 5.74) is 0. The Balaban J connectivity index is 2.34. The van der Waals surface area contributed by atoms with E-state index in [2.05, 4.69) is 12.2 Å². The van der Waals surface area contributed by atoms with Gasteiger partial charge in [-0.1, -0.05) is 19.8 Å². The molecule has 5 heteroatoms. The number of carbonyl (C=O) groups excluding carboxylic acids is 1. The molecule has 1 fully saturated rings. The van der Waals surface area contributed by atoms with E-state index in [1.165, 1.54) is 0 Å². The minimum atomic E-state index is -0.750. The van der Waals surface area contributed by atoms with Gasteiger partial charge in [-0.25, -0.2) is 4.79 Å². The number of hydrogen-bond donors (Lipinski definition) is 2. The minimum absolute atomic E-state index is 0.00799. The molecule has 2 unspecified atom stereocenters. The summed E-state index contributed by atoms with van der Waals surface area (Å²) in [6, 6.07) is 0.218. The molecule has 0 saturated carbocycles. The number of hydrogen-bond acceptors (Lipinski definition) is 2. The maximum atomic E-state index is 12.2. The lowest BCUT2D eigenvalue weighted by Gasteiger charge is -2.33. The quantitative estimate of drug-likeness (QED) is 0.755. The number of urea groups is 1. The zero-order valence-corrected chi connectivity index (χ0v) is 12.7. The smallest absolute Gasteiger partial charge is 0.317 e. The average Bonchev–Trinajstić information content (AvgIpc) is 2.43. The number of rotatable bonds is 7. The van der Waals surface area contributed by atoms with Crippen molar-refractivity contribution >= 4 is 12.0 Å². The standard InChI is InChI=1S/C15H28N2O3/c1-3-4-6-12(2)16-15(20)17-10-5-7-13(11-17)8-9-14(18)19/h12-13H,3-11H2,1-2H3,(H,16,20)(H,18,19). The van der Waals surface area contributed by atoms with E-state index in [0.717, 1.165) is 38.6 Å². The van der Waals surface area contributed by atoms with E-state index < -0.39 is 5.97 Å². The highest BCUT2D eigenvalue weighted by Gasteiger charge is 2.24. The molecule has 0 bridgehead atoms. The fraction of sp³-hybridized carbons (Fsp3) is 0.867. The summed E-state index contributed by atoms with van der Waals surface area (Å²) in [6.45, 7) is 5.67. The lowest BCUT2D eigenvalue weighted by molar-refractivity contribution is -0.137. The first-order valence-corrected chi connectivity index (χ1v) is 7.80. The lowest BCUT2D eigenvalue weighted by atomic mass is 9.93. The van der Waals surface area contributed by atoms with Gasteiger partial charge in [0.1, 0.15) is 0 Å². The van der Waals surface area contributed by atoms with Crippen molar-refractivity contribution in [2.75, 3.05) is 13.1 Å². The van der Waals surface area contributed by atoms with Crippen molar-refractivity contribution in [1.82, 2.24) is 10.2 Å². The van der Waals surface area contributed by atoms with Gasteiger partial charge in [-0.05, 0) is 38.5 Å². The maximum absolute atomic E-state index is 12.2. The number of nitrogens with zero attached hydrogens (tertiary/aromatic N) is 1. The van der Waals surface area contributed by atoms with Gasteiger partial charge >= 0.3 is 12.0 Å². The summed E-state index contributed by atoms with van der Waals surface area (Å²) >= 11 is 0. The molecule has 1 aliphatic heterocycles. The van der Waals surface area contributed by atoms with Crippen molar-refractivity contribution in [3.8, 4) is 0 Å². The molecule has 2 atom stereocenters. The summed E-state index contributed by atoms with van der Waals surface area (Å²) in [4.78, 5) is 24.6. The van der Waals surface area contributed by atoms with Gasteiger partial charge in [0.05, 0.1) is 0 Å². The molecule has 1 aliphatic rings. The fourth-order valence-corrected chi connectivity index (χ4v) is 2.70. The van der Waals surface area contributed by atoms with Crippen LogP contribution in [-0.2, 0) is 4.79 Å². The average molecular weight is 284 g/mol. The van der Waals surface area contributed by atoms with Gasteiger partial charge in [0, 0.05) is 25.6 Å². The van der Waals surface area contributed by atoms with Gasteiger partial charge in [-0.3, -0.25) is 4.79 Å². The molecule has 0 aromatic heterocycles. The number of carboxylic acids is 1. The summed E-state index contributed by atoms with van der Waals surface area (Å²) in [5.74, 6) is -0.420. The van der Waals surface area contributed by atoms with Crippen LogP contribution in [0.4, 0.5) is 4.79 Å². The second-order valence-corrected chi connectivity index (χ2v) is 5.88. The molecule has 1 heterocycles. The zero-order chi connectivity index (χ0) is 15.0. The Morgan fingerprint density at radius 3 is 2.85 bits per heavy atom. The zero-order valence-electron chi connectivity index (χ0n) is 12.7. The fourth-order valence-electron chi connectivity index (χ4n) is 2.70. The van der Waals surface area contributed by atoms with Gasteiger partial charge in [0.25, 0.3) is 0 Å². The molecule has 0 radical (unpaired) electrons. The van der Waals surface area contributed by atoms with E-state index in [0.29, 0.717) is 18.9 Å². The summed E-state index contributed by atoms with van der Waals surface area (Å²) < 4.78 is 0. The van der Waals surface area contributed by atoms with Crippen LogP contribution in [-0.4, -0.2) is 41.1 Å². The molecule has 116 valence electrons. The number of amides is 2. The number of carboxylic acid groups (broad SMARTS) is 1. The number of nitrogens with one attached hydrogen (secondary N) is 1. The number of aliphatic carboxylic acids is 1. The molecular formula is C15H28N2O3. The van der Waals surface area contributed by atoms with E-state index in [1.807, 2.05) is 11.8 Å². The second kappa shape index (κ2) is 8.82. The van der Waals surface area contributed by atoms with Crippen LogP contribution in [0.1, 0.15) is 58.8 Å². The highest BCUT2D eigenvalue weighted by molar-refractivity contribution is 5.74. The summed E-state index contributed by atoms with van der Waals surface area (Å²) in [5, 5.41) is 11.8. The molecule has 2 amide bonds. The van der Waals surface area contributed by atoms with E-state index in [1.54, 1.807) is 0 Å². The van der Waals surface area contributed by atoms with Crippen molar-refractivity contribution < 1.29 is 14.7 Å². The molecule has 0 aromatic rings. The Morgan fingerprint density at radius 1 is 1.45 bits per heavy atom. The molecule has 1 saturated heterocycles. The Hall–Kier alpha value is -1.26. The van der Waals surface area contributed by atoms with Crippen molar-refractivity contribution in [3.05, 3.63) is 0 Å². The number of piperidine rings is 1. The van der Waals surface area contributed by atoms with Gasteiger partial charge in [0.2, 0.25) is 0 Å². The minimum Gasteiger partial charge on any atom is -0.481 e. The largest absolute Gasteiger partial charge is 0.481 e. The van der Waals surface area contributed by atoms with Gasteiger partial charge < -0.3 is 15.3 Å². The summed E-state index contributed by atoms with van der Waals surface area (Å²) in [7, 11) is 0. The topological polar surface area (TPSA) is 69.6 Å². The van der Waals surface area contributed by atoms with Crippen molar-refractivity contribution in [2.24, 2.45) is 5.92 Å². The third-order valence-corrected chi connectivity index (χ3v) is 3.93. The van der Waals surface area contributed by atoms with Crippen LogP contribution < -0.4 is 5.32 Å². The van der Waals surface area contributed by atoms with E-state index in [4.69, 9.17) is 5.11 Å². The predicted octanol–water partition coefficient (Wildman–Crippen LogP) is 2.85. The molecular weight excluding hydrogens is 256 g/mol. The molecule has 2 N–H and O–H groups in total. The van der Waals surface area contributed by atoms with Gasteiger partial charge in [-0.15, -0.1) is 0 Å². The Bertz CT molecular complexity index is 320. The second-order valence-electron chi connectivity index (χ2n) is 5.88. The predicted molar refractivity (Wildman–Crippen MR) is 78.7 cm³/mol. The molecule has 0 aliphatic carbocycles. The number of carbonyl (C=O) groups is 2. The first-order chi connectivity index (χ1) is 9.52. The van der Waals surface area contributed by atoms with Crippen LogP contribution in [0.5, 0.6) is 0 Å². The Kier molecular flexibility index (Phi) is 7.41. The van der Waals surface area contributed by atoms with Crippen LogP contribution >= 0.6 is 0 Å². The third kappa shape index (κ3) is 6.26. The number of unbranched alkanes of at least 4 members (excludes halogenated alkanes) is 1. The molecule has 1 rings (SSSR count). The summed E-state index contributed by atoms with van der Waals surface area (Å²) in [6.07, 6.45) is 6.16. The van der Waals surface area contributed by atoms with Crippen LogP contribution in [0.3, 0.4) is 0 Å². The van der Waals surface area contributed by atoms with E-state index >= 15 is 0 Å². The lowest BCUT2D eigenvalue weighted by Crippen LogP contribution is -2.48. The van der Waals surface area contributed by atoms with E-state index in [-0.39, 0.29) is 18.5 Å². The van der Waals surface area contributed by atoms with Gasteiger partial charge in [-0.2, -0.15) is 0 Å². The van der Waals surface area contributed by atoms with Crippen molar-refractivity contribution in [2.45, 2.75) is 64.8 Å². The Morgan fingerprint density at radius 2 is 2.20 bits per heavy atom. The Labute approximate surface area is 121 Å². The van der Waals surface area contributed by atoms with Crippen LogP contribution in [0.25, 0.3) is 0 Å². The molecule has 5 nitrogen and oxygen atoms in total. The molecule has 0 aromatic carbocycles. The van der Waals surface area contributed by atoms with Crippen LogP contribution in [0.15, 0.2) is 0 Å². The first kappa shape index (κ1) is 16.8. The molecule has 20 heavy (non-hydrogen) atoms. The maximum Gasteiger partial charge on any atom is 0.317 e. The number of likely N-dealkylation sites (tertiary alicyclic amines) is 1. The first-order valence-electron chi connectivity index (χ1n) is 7.80. The molecule has 0 spiro atoms. The SMILES string of the molecule is CCCCC(C)NC(=O)N1CCCC(CCC(=O)O)C1. The van der Waals surface area contributed by atoms with E-state index in [9.17, 15) is 9.59 Å². The monoisotopic (exact) mass is 284 g/mol. The van der Waals surface area contributed by atoms with Gasteiger partial charge in [0.15, 0.2) is 0 Å². The van der Waals surface area contributed by atoms with Crippen molar-refractivity contribution in [1.29, 1.82) is 0 Å². The van der Waals surface area contributed by atoms with Crippen molar-refractivity contribution in [3.63, 3.8) is 0 Å². The van der Waals surface area contributed by atoms with Crippen LogP contribution in [0.2, 0.25) is 0 Å².